The third-order valence-corrected chi connectivity index (χ3v) is 3.52. The monoisotopic (exact) mass is 248 g/mol. The van der Waals surface area contributed by atoms with Crippen LogP contribution in [0.25, 0.3) is 0 Å². The van der Waals surface area contributed by atoms with Crippen molar-refractivity contribution in [3.05, 3.63) is 34.4 Å². The zero-order valence-corrected chi connectivity index (χ0v) is 12.8. The van der Waals surface area contributed by atoms with Crippen LogP contribution in [0, 0.1) is 26.2 Å². The van der Waals surface area contributed by atoms with E-state index in [9.17, 15) is 0 Å². The van der Waals surface area contributed by atoms with Gasteiger partial charge in [-0.2, -0.15) is 0 Å². The van der Waals surface area contributed by atoms with Crippen LogP contribution in [0.2, 0.25) is 0 Å². The molecule has 0 radical (unpaired) electrons. The Morgan fingerprint density at radius 2 is 1.61 bits per heavy atom. The maximum Gasteiger partial charge on any atom is 0.0236 e. The Hall–Kier alpha value is -0.860. The van der Waals surface area contributed by atoms with E-state index in [-0.39, 0.29) is 5.41 Å². The third-order valence-electron chi connectivity index (χ3n) is 3.52. The van der Waals surface area contributed by atoms with E-state index in [1.165, 1.54) is 22.3 Å². The molecular formula is C16H28N2. The van der Waals surface area contributed by atoms with E-state index >= 15 is 0 Å². The van der Waals surface area contributed by atoms with Crippen molar-refractivity contribution in [3.8, 4) is 0 Å². The van der Waals surface area contributed by atoms with E-state index in [1.54, 1.807) is 0 Å². The van der Waals surface area contributed by atoms with Crippen molar-refractivity contribution in [2.45, 2.75) is 41.2 Å². The number of nitrogens with zero attached hydrogens (tertiary/aromatic N) is 1. The molecule has 1 aromatic rings. The summed E-state index contributed by atoms with van der Waals surface area (Å²) in [6.45, 7) is 13.8. The van der Waals surface area contributed by atoms with Crippen LogP contribution >= 0.6 is 0 Å². The van der Waals surface area contributed by atoms with Crippen molar-refractivity contribution in [1.82, 2.24) is 4.90 Å². The minimum absolute atomic E-state index is 0.182. The first-order valence-electron chi connectivity index (χ1n) is 6.70. The molecule has 0 aromatic heterocycles. The minimum atomic E-state index is 0.182. The molecule has 1 rings (SSSR count). The second-order valence-electron chi connectivity index (χ2n) is 6.42. The van der Waals surface area contributed by atoms with Gasteiger partial charge in [0.2, 0.25) is 0 Å². The largest absolute Gasteiger partial charge is 0.330 e. The van der Waals surface area contributed by atoms with Crippen molar-refractivity contribution in [2.75, 3.05) is 20.1 Å². The maximum absolute atomic E-state index is 5.80. The Morgan fingerprint density at radius 1 is 1.11 bits per heavy atom. The van der Waals surface area contributed by atoms with Gasteiger partial charge in [-0.1, -0.05) is 31.5 Å². The number of hydrogen-bond donors (Lipinski definition) is 1. The van der Waals surface area contributed by atoms with E-state index < -0.39 is 0 Å². The number of benzene rings is 1. The van der Waals surface area contributed by atoms with Gasteiger partial charge in [0.15, 0.2) is 0 Å². The summed E-state index contributed by atoms with van der Waals surface area (Å²) in [6.07, 6.45) is 0. The van der Waals surface area contributed by atoms with Gasteiger partial charge in [-0.25, -0.2) is 0 Å². The van der Waals surface area contributed by atoms with Crippen molar-refractivity contribution in [3.63, 3.8) is 0 Å². The minimum Gasteiger partial charge on any atom is -0.330 e. The van der Waals surface area contributed by atoms with Crippen LogP contribution in [-0.4, -0.2) is 25.0 Å². The lowest BCUT2D eigenvalue weighted by molar-refractivity contribution is 0.209. The highest BCUT2D eigenvalue weighted by atomic mass is 15.1. The van der Waals surface area contributed by atoms with E-state index in [1.807, 2.05) is 0 Å². The summed E-state index contributed by atoms with van der Waals surface area (Å²) >= 11 is 0. The topological polar surface area (TPSA) is 29.3 Å². The number of hydrogen-bond acceptors (Lipinski definition) is 2. The first-order valence-corrected chi connectivity index (χ1v) is 6.70. The van der Waals surface area contributed by atoms with Crippen LogP contribution in [0.3, 0.4) is 0 Å². The van der Waals surface area contributed by atoms with Gasteiger partial charge >= 0.3 is 0 Å². The number of nitrogens with two attached hydrogens (primary N) is 1. The summed E-state index contributed by atoms with van der Waals surface area (Å²) in [6, 6.07) is 4.54. The van der Waals surface area contributed by atoms with E-state index in [0.717, 1.165) is 19.6 Å². The Morgan fingerprint density at radius 3 is 2.06 bits per heavy atom. The third kappa shape index (κ3) is 4.11. The predicted molar refractivity (Wildman–Crippen MR) is 79.8 cm³/mol. The Kier molecular flexibility index (Phi) is 4.94. The molecule has 2 nitrogen and oxygen atoms in total. The van der Waals surface area contributed by atoms with Crippen LogP contribution < -0.4 is 5.73 Å². The fourth-order valence-electron chi connectivity index (χ4n) is 2.58. The highest BCUT2D eigenvalue weighted by molar-refractivity contribution is 5.37. The molecule has 0 fully saturated rings. The SMILES string of the molecule is Cc1cc(C)c(CN(C)CC(C)(C)CN)c(C)c1. The number of rotatable bonds is 5. The molecule has 2 heteroatoms. The molecule has 0 amide bonds. The van der Waals surface area contributed by atoms with Crippen LogP contribution in [0.15, 0.2) is 12.1 Å². The van der Waals surface area contributed by atoms with Gasteiger partial charge in [0, 0.05) is 13.1 Å². The molecule has 1 aromatic carbocycles. The van der Waals surface area contributed by atoms with Gasteiger partial charge in [0.1, 0.15) is 0 Å². The molecular weight excluding hydrogens is 220 g/mol. The molecule has 18 heavy (non-hydrogen) atoms. The molecule has 102 valence electrons. The van der Waals surface area contributed by atoms with Gasteiger partial charge in [0.25, 0.3) is 0 Å². The van der Waals surface area contributed by atoms with Crippen LogP contribution in [0.5, 0.6) is 0 Å². The maximum atomic E-state index is 5.80. The normalized spacial score (nSPS) is 12.2. The molecule has 0 spiro atoms. The second-order valence-corrected chi connectivity index (χ2v) is 6.42. The van der Waals surface area contributed by atoms with Gasteiger partial charge in [0.05, 0.1) is 0 Å². The average molecular weight is 248 g/mol. The first-order chi connectivity index (χ1) is 8.25. The van der Waals surface area contributed by atoms with Gasteiger partial charge in [-0.05, 0) is 56.5 Å². The molecule has 0 aliphatic carbocycles. The summed E-state index contributed by atoms with van der Waals surface area (Å²) in [5.41, 5.74) is 11.6. The molecule has 0 unspecified atom stereocenters. The van der Waals surface area contributed by atoms with E-state index in [0.29, 0.717) is 0 Å². The summed E-state index contributed by atoms with van der Waals surface area (Å²) in [5, 5.41) is 0. The molecule has 0 heterocycles. The highest BCUT2D eigenvalue weighted by Crippen LogP contribution is 2.20. The van der Waals surface area contributed by atoms with Crippen molar-refractivity contribution >= 4 is 0 Å². The van der Waals surface area contributed by atoms with E-state index in [2.05, 4.69) is 58.7 Å². The van der Waals surface area contributed by atoms with Crippen molar-refractivity contribution in [1.29, 1.82) is 0 Å². The van der Waals surface area contributed by atoms with Gasteiger partial charge < -0.3 is 10.6 Å². The van der Waals surface area contributed by atoms with Gasteiger partial charge in [-0.3, -0.25) is 0 Å². The highest BCUT2D eigenvalue weighted by Gasteiger charge is 2.18. The second kappa shape index (κ2) is 5.85. The van der Waals surface area contributed by atoms with Crippen molar-refractivity contribution < 1.29 is 0 Å². The lowest BCUT2D eigenvalue weighted by Crippen LogP contribution is -2.36. The van der Waals surface area contributed by atoms with Crippen molar-refractivity contribution in [2.24, 2.45) is 11.1 Å². The van der Waals surface area contributed by atoms with Gasteiger partial charge in [-0.15, -0.1) is 0 Å². The molecule has 0 saturated heterocycles. The number of aryl methyl sites for hydroxylation is 3. The Labute approximate surface area is 112 Å². The summed E-state index contributed by atoms with van der Waals surface area (Å²) in [5.74, 6) is 0. The van der Waals surface area contributed by atoms with Crippen LogP contribution in [0.1, 0.15) is 36.1 Å². The molecule has 0 aliphatic rings. The fourth-order valence-corrected chi connectivity index (χ4v) is 2.58. The summed E-state index contributed by atoms with van der Waals surface area (Å²) in [4.78, 5) is 2.37. The molecule has 2 N–H and O–H groups in total. The lowest BCUT2D eigenvalue weighted by atomic mass is 9.92. The quantitative estimate of drug-likeness (QED) is 0.868. The Bertz CT molecular complexity index is 385. The van der Waals surface area contributed by atoms with Crippen LogP contribution in [0.4, 0.5) is 0 Å². The molecule has 0 aliphatic heterocycles. The fraction of sp³-hybridized carbons (Fsp3) is 0.625. The predicted octanol–water partition coefficient (Wildman–Crippen LogP) is 3.03. The van der Waals surface area contributed by atoms with Crippen LogP contribution in [-0.2, 0) is 6.54 Å². The lowest BCUT2D eigenvalue weighted by Gasteiger charge is -2.29. The first kappa shape index (κ1) is 15.2. The Balaban J connectivity index is 2.79. The smallest absolute Gasteiger partial charge is 0.0236 e. The molecule has 0 bridgehead atoms. The van der Waals surface area contributed by atoms with E-state index in [4.69, 9.17) is 5.73 Å². The standard InChI is InChI=1S/C16H28N2/c1-12-7-13(2)15(14(3)8-12)9-18(6)11-16(4,5)10-17/h7-8H,9-11,17H2,1-6H3. The molecule has 0 atom stereocenters. The zero-order chi connectivity index (χ0) is 13.9. The average Bonchev–Trinajstić information content (AvgIpc) is 2.22. The zero-order valence-electron chi connectivity index (χ0n) is 12.8. The summed E-state index contributed by atoms with van der Waals surface area (Å²) < 4.78 is 0. The molecule has 0 saturated carbocycles. The summed E-state index contributed by atoms with van der Waals surface area (Å²) in [7, 11) is 2.18.